The number of anilines is 1. The number of aryl methyl sites for hydroxylation is 1. The maximum Gasteiger partial charge on any atom is 0.257 e. The van der Waals surface area contributed by atoms with E-state index in [0.717, 1.165) is 11.3 Å². The molecule has 5 heteroatoms. The number of nitrogens with zero attached hydrogens (tertiary/aromatic N) is 1. The van der Waals surface area contributed by atoms with E-state index < -0.39 is 0 Å². The number of aromatic nitrogens is 1. The Labute approximate surface area is 151 Å². The van der Waals surface area contributed by atoms with Crippen molar-refractivity contribution >= 4 is 22.4 Å². The molecule has 1 aromatic heterocycles. The van der Waals surface area contributed by atoms with E-state index in [9.17, 15) is 4.79 Å². The van der Waals surface area contributed by atoms with Crippen molar-refractivity contribution in [2.45, 2.75) is 26.9 Å². The predicted molar refractivity (Wildman–Crippen MR) is 102 cm³/mol. The molecular weight excluding hydrogens is 332 g/mol. The van der Waals surface area contributed by atoms with Gasteiger partial charge in [-0.2, -0.15) is 0 Å². The van der Waals surface area contributed by atoms with Gasteiger partial charge in [-0.05, 0) is 39.0 Å². The van der Waals surface area contributed by atoms with Crippen LogP contribution >= 0.6 is 11.3 Å². The topological polar surface area (TPSA) is 51.2 Å². The molecule has 0 atom stereocenters. The van der Waals surface area contributed by atoms with Crippen LogP contribution in [0.15, 0.2) is 53.9 Å². The van der Waals surface area contributed by atoms with Crippen molar-refractivity contribution in [2.75, 3.05) is 5.32 Å². The molecule has 1 amide bonds. The summed E-state index contributed by atoms with van der Waals surface area (Å²) >= 11 is 1.41. The standard InChI is InChI=1S/C20H20N2O2S/c1-13(2)24-17-6-4-5-16(11-17)19(23)22-20-21-18(12-25-20)15-9-7-14(3)8-10-15/h4-13H,1-3H3,(H,21,22,23). The maximum absolute atomic E-state index is 12.4. The Balaban J connectivity index is 1.72. The van der Waals surface area contributed by atoms with E-state index in [1.165, 1.54) is 16.9 Å². The van der Waals surface area contributed by atoms with Gasteiger partial charge in [-0.1, -0.05) is 35.9 Å². The molecule has 128 valence electrons. The number of amides is 1. The van der Waals surface area contributed by atoms with Crippen LogP contribution < -0.4 is 10.1 Å². The van der Waals surface area contributed by atoms with E-state index in [2.05, 4.69) is 10.3 Å². The van der Waals surface area contributed by atoms with E-state index in [0.29, 0.717) is 16.4 Å². The fraction of sp³-hybridized carbons (Fsp3) is 0.200. The summed E-state index contributed by atoms with van der Waals surface area (Å²) in [4.78, 5) is 16.9. The Bertz CT molecular complexity index is 869. The summed E-state index contributed by atoms with van der Waals surface area (Å²) in [5.74, 6) is 0.487. The van der Waals surface area contributed by atoms with Crippen LogP contribution in [-0.2, 0) is 0 Å². The van der Waals surface area contributed by atoms with Crippen molar-refractivity contribution in [3.8, 4) is 17.0 Å². The molecule has 1 heterocycles. The maximum atomic E-state index is 12.4. The summed E-state index contributed by atoms with van der Waals surface area (Å²) in [6, 6.07) is 15.3. The number of nitrogens with one attached hydrogen (secondary N) is 1. The first-order valence-electron chi connectivity index (χ1n) is 8.12. The second-order valence-electron chi connectivity index (χ2n) is 6.05. The lowest BCUT2D eigenvalue weighted by Gasteiger charge is -2.10. The van der Waals surface area contributed by atoms with Crippen molar-refractivity contribution in [3.63, 3.8) is 0 Å². The van der Waals surface area contributed by atoms with Crippen molar-refractivity contribution < 1.29 is 9.53 Å². The third-order valence-electron chi connectivity index (χ3n) is 3.54. The van der Waals surface area contributed by atoms with Gasteiger partial charge in [-0.25, -0.2) is 4.98 Å². The van der Waals surface area contributed by atoms with Gasteiger partial charge >= 0.3 is 0 Å². The molecule has 0 saturated heterocycles. The van der Waals surface area contributed by atoms with Crippen LogP contribution in [0.25, 0.3) is 11.3 Å². The SMILES string of the molecule is Cc1ccc(-c2csc(NC(=O)c3cccc(OC(C)C)c3)n2)cc1. The van der Waals surface area contributed by atoms with Gasteiger partial charge in [0, 0.05) is 16.5 Å². The van der Waals surface area contributed by atoms with Gasteiger partial charge in [0.1, 0.15) is 5.75 Å². The molecule has 25 heavy (non-hydrogen) atoms. The zero-order valence-corrected chi connectivity index (χ0v) is 15.3. The molecule has 0 unspecified atom stereocenters. The van der Waals surface area contributed by atoms with Crippen molar-refractivity contribution in [1.82, 2.24) is 4.98 Å². The molecule has 0 aliphatic carbocycles. The summed E-state index contributed by atoms with van der Waals surface area (Å²) in [6.07, 6.45) is 0.0642. The first kappa shape index (κ1) is 17.2. The van der Waals surface area contributed by atoms with Crippen LogP contribution in [0.1, 0.15) is 29.8 Å². The molecule has 0 bridgehead atoms. The lowest BCUT2D eigenvalue weighted by atomic mass is 10.1. The van der Waals surface area contributed by atoms with Crippen LogP contribution in [0.5, 0.6) is 5.75 Å². The number of thiazole rings is 1. The number of carbonyl (C=O) groups is 1. The molecule has 4 nitrogen and oxygen atoms in total. The highest BCUT2D eigenvalue weighted by Crippen LogP contribution is 2.25. The van der Waals surface area contributed by atoms with E-state index in [1.54, 1.807) is 12.1 Å². The minimum atomic E-state index is -0.195. The van der Waals surface area contributed by atoms with Gasteiger partial charge in [0.05, 0.1) is 11.8 Å². The Morgan fingerprint density at radius 2 is 1.92 bits per heavy atom. The molecule has 2 aromatic carbocycles. The van der Waals surface area contributed by atoms with Gasteiger partial charge in [-0.3, -0.25) is 10.1 Å². The van der Waals surface area contributed by atoms with E-state index >= 15 is 0 Å². The van der Waals surface area contributed by atoms with E-state index in [1.807, 2.05) is 62.5 Å². The fourth-order valence-corrected chi connectivity index (χ4v) is 3.05. The molecular formula is C20H20N2O2S. The summed E-state index contributed by atoms with van der Waals surface area (Å²) in [6.45, 7) is 5.96. The number of rotatable bonds is 5. The monoisotopic (exact) mass is 352 g/mol. The third-order valence-corrected chi connectivity index (χ3v) is 4.30. The molecule has 0 fully saturated rings. The van der Waals surface area contributed by atoms with Gasteiger partial charge in [0.2, 0.25) is 0 Å². The van der Waals surface area contributed by atoms with Crippen molar-refractivity contribution in [1.29, 1.82) is 0 Å². The van der Waals surface area contributed by atoms with Crippen LogP contribution in [0.3, 0.4) is 0 Å². The first-order chi connectivity index (χ1) is 12.0. The quantitative estimate of drug-likeness (QED) is 0.690. The lowest BCUT2D eigenvalue weighted by molar-refractivity contribution is 0.102. The van der Waals surface area contributed by atoms with Gasteiger partial charge < -0.3 is 4.74 Å². The molecule has 3 aromatic rings. The molecule has 0 aliphatic rings. The Hall–Kier alpha value is -2.66. The van der Waals surface area contributed by atoms with Crippen LogP contribution in [0, 0.1) is 6.92 Å². The highest BCUT2D eigenvalue weighted by Gasteiger charge is 2.11. The minimum Gasteiger partial charge on any atom is -0.491 e. The van der Waals surface area contributed by atoms with Gasteiger partial charge in [-0.15, -0.1) is 11.3 Å². The Kier molecular flexibility index (Phi) is 5.14. The number of hydrogen-bond donors (Lipinski definition) is 1. The fourth-order valence-electron chi connectivity index (χ4n) is 2.34. The predicted octanol–water partition coefficient (Wildman–Crippen LogP) is 5.16. The minimum absolute atomic E-state index is 0.0642. The Morgan fingerprint density at radius 1 is 1.16 bits per heavy atom. The average molecular weight is 352 g/mol. The van der Waals surface area contributed by atoms with Crippen molar-refractivity contribution in [3.05, 3.63) is 65.0 Å². The van der Waals surface area contributed by atoms with E-state index in [-0.39, 0.29) is 12.0 Å². The lowest BCUT2D eigenvalue weighted by Crippen LogP contribution is -2.12. The zero-order valence-electron chi connectivity index (χ0n) is 14.4. The molecule has 0 aliphatic heterocycles. The normalized spacial score (nSPS) is 10.7. The second kappa shape index (κ2) is 7.49. The van der Waals surface area contributed by atoms with Crippen LogP contribution in [-0.4, -0.2) is 17.0 Å². The smallest absolute Gasteiger partial charge is 0.257 e. The molecule has 3 rings (SSSR count). The van der Waals surface area contributed by atoms with E-state index in [4.69, 9.17) is 4.74 Å². The summed E-state index contributed by atoms with van der Waals surface area (Å²) in [5.41, 5.74) is 3.65. The van der Waals surface area contributed by atoms with Crippen LogP contribution in [0.4, 0.5) is 5.13 Å². The molecule has 0 spiro atoms. The number of hydrogen-bond acceptors (Lipinski definition) is 4. The summed E-state index contributed by atoms with van der Waals surface area (Å²) in [7, 11) is 0. The zero-order chi connectivity index (χ0) is 17.8. The second-order valence-corrected chi connectivity index (χ2v) is 6.91. The summed E-state index contributed by atoms with van der Waals surface area (Å²) in [5, 5.41) is 5.38. The summed E-state index contributed by atoms with van der Waals surface area (Å²) < 4.78 is 5.63. The Morgan fingerprint density at radius 3 is 2.64 bits per heavy atom. The largest absolute Gasteiger partial charge is 0.491 e. The highest BCUT2D eigenvalue weighted by atomic mass is 32.1. The number of carbonyl (C=O) groups excluding carboxylic acids is 1. The first-order valence-corrected chi connectivity index (χ1v) is 9.00. The molecule has 0 saturated carbocycles. The molecule has 0 radical (unpaired) electrons. The van der Waals surface area contributed by atoms with Gasteiger partial charge in [0.25, 0.3) is 5.91 Å². The third kappa shape index (κ3) is 4.45. The average Bonchev–Trinajstić information content (AvgIpc) is 3.03. The number of ether oxygens (including phenoxy) is 1. The number of benzene rings is 2. The highest BCUT2D eigenvalue weighted by molar-refractivity contribution is 7.14. The van der Waals surface area contributed by atoms with Crippen molar-refractivity contribution in [2.24, 2.45) is 0 Å². The van der Waals surface area contributed by atoms with Gasteiger partial charge in [0.15, 0.2) is 5.13 Å². The van der Waals surface area contributed by atoms with Crippen LogP contribution in [0.2, 0.25) is 0 Å². The molecule has 1 N–H and O–H groups in total.